The molecule has 0 aliphatic heterocycles. The van der Waals surface area contributed by atoms with Crippen molar-refractivity contribution in [2.45, 2.75) is 19.0 Å². The molecule has 0 bridgehead atoms. The van der Waals surface area contributed by atoms with Crippen molar-refractivity contribution in [1.82, 2.24) is 0 Å². The van der Waals surface area contributed by atoms with E-state index >= 15 is 0 Å². The SMILES string of the molecule is N#Cc1ccc(CCN)cc1.NCCc1ccc(C(F)(F)F)cc1. The Morgan fingerprint density at radius 1 is 0.792 bits per heavy atom. The molecular weight excluding hydrogens is 315 g/mol. The van der Waals surface area contributed by atoms with E-state index in [4.69, 9.17) is 16.7 Å². The highest BCUT2D eigenvalue weighted by Gasteiger charge is 2.29. The average Bonchev–Trinajstić information content (AvgIpc) is 2.56. The van der Waals surface area contributed by atoms with Gasteiger partial charge in [0, 0.05) is 0 Å². The maximum absolute atomic E-state index is 12.1. The van der Waals surface area contributed by atoms with Crippen LogP contribution in [0.2, 0.25) is 0 Å². The largest absolute Gasteiger partial charge is 0.416 e. The zero-order valence-electron chi connectivity index (χ0n) is 13.2. The van der Waals surface area contributed by atoms with Gasteiger partial charge in [-0.3, -0.25) is 0 Å². The molecule has 0 unspecified atom stereocenters. The molecule has 0 radical (unpaired) electrons. The van der Waals surface area contributed by atoms with Crippen LogP contribution in [-0.2, 0) is 19.0 Å². The third-order valence-corrected chi connectivity index (χ3v) is 3.23. The van der Waals surface area contributed by atoms with Crippen LogP contribution in [0.15, 0.2) is 48.5 Å². The zero-order chi connectivity index (χ0) is 18.0. The van der Waals surface area contributed by atoms with E-state index in [1.165, 1.54) is 17.7 Å². The van der Waals surface area contributed by atoms with Gasteiger partial charge < -0.3 is 11.5 Å². The molecular formula is C18H20F3N3. The third-order valence-electron chi connectivity index (χ3n) is 3.23. The summed E-state index contributed by atoms with van der Waals surface area (Å²) >= 11 is 0. The van der Waals surface area contributed by atoms with Gasteiger partial charge in [0.2, 0.25) is 0 Å². The van der Waals surface area contributed by atoms with E-state index in [2.05, 4.69) is 6.07 Å². The van der Waals surface area contributed by atoms with Gasteiger partial charge in [-0.2, -0.15) is 18.4 Å². The lowest BCUT2D eigenvalue weighted by Crippen LogP contribution is -2.06. The van der Waals surface area contributed by atoms with Crippen LogP contribution in [0.25, 0.3) is 0 Å². The van der Waals surface area contributed by atoms with Crippen molar-refractivity contribution in [3.63, 3.8) is 0 Å². The molecule has 0 amide bonds. The smallest absolute Gasteiger partial charge is 0.330 e. The second-order valence-electron chi connectivity index (χ2n) is 5.08. The molecule has 0 saturated heterocycles. The molecule has 0 fully saturated rings. The first-order valence-corrected chi connectivity index (χ1v) is 7.46. The van der Waals surface area contributed by atoms with Gasteiger partial charge in [0.15, 0.2) is 0 Å². The van der Waals surface area contributed by atoms with Gasteiger partial charge in [0.05, 0.1) is 17.2 Å². The molecule has 2 aromatic rings. The first-order valence-electron chi connectivity index (χ1n) is 7.46. The summed E-state index contributed by atoms with van der Waals surface area (Å²) in [5.74, 6) is 0. The van der Waals surface area contributed by atoms with E-state index in [-0.39, 0.29) is 0 Å². The van der Waals surface area contributed by atoms with Gasteiger partial charge in [0.1, 0.15) is 0 Å². The van der Waals surface area contributed by atoms with Crippen molar-refractivity contribution in [2.24, 2.45) is 11.5 Å². The number of nitrogens with two attached hydrogens (primary N) is 2. The van der Waals surface area contributed by atoms with E-state index in [1.54, 1.807) is 0 Å². The van der Waals surface area contributed by atoms with Gasteiger partial charge in [-0.15, -0.1) is 0 Å². The van der Waals surface area contributed by atoms with Crippen LogP contribution < -0.4 is 11.5 Å². The van der Waals surface area contributed by atoms with Crippen LogP contribution >= 0.6 is 0 Å². The Bertz CT molecular complexity index is 641. The maximum atomic E-state index is 12.1. The minimum Gasteiger partial charge on any atom is -0.330 e. The minimum atomic E-state index is -4.25. The lowest BCUT2D eigenvalue weighted by Gasteiger charge is -2.06. The molecule has 0 saturated carbocycles. The van der Waals surface area contributed by atoms with Crippen LogP contribution in [0.3, 0.4) is 0 Å². The van der Waals surface area contributed by atoms with Crippen molar-refractivity contribution in [2.75, 3.05) is 13.1 Å². The summed E-state index contributed by atoms with van der Waals surface area (Å²) < 4.78 is 36.2. The number of hydrogen-bond acceptors (Lipinski definition) is 3. The predicted molar refractivity (Wildman–Crippen MR) is 88.1 cm³/mol. The van der Waals surface area contributed by atoms with Gasteiger partial charge >= 0.3 is 6.18 Å². The number of benzene rings is 2. The normalized spacial score (nSPS) is 10.5. The second kappa shape index (κ2) is 9.71. The molecule has 6 heteroatoms. The fourth-order valence-corrected chi connectivity index (χ4v) is 1.94. The number of hydrogen-bond donors (Lipinski definition) is 2. The molecule has 128 valence electrons. The number of nitriles is 1. The first kappa shape index (κ1) is 19.7. The van der Waals surface area contributed by atoms with Gasteiger partial charge in [-0.25, -0.2) is 0 Å². The van der Waals surface area contributed by atoms with E-state index < -0.39 is 11.7 Å². The molecule has 4 N–H and O–H groups in total. The Kier molecular flexibility index (Phi) is 7.96. The monoisotopic (exact) mass is 335 g/mol. The Labute approximate surface area is 139 Å². The zero-order valence-corrected chi connectivity index (χ0v) is 13.2. The van der Waals surface area contributed by atoms with Crippen LogP contribution in [0.5, 0.6) is 0 Å². The molecule has 24 heavy (non-hydrogen) atoms. The lowest BCUT2D eigenvalue weighted by atomic mass is 10.1. The summed E-state index contributed by atoms with van der Waals surface area (Å²) in [6, 6.07) is 14.6. The lowest BCUT2D eigenvalue weighted by molar-refractivity contribution is -0.137. The summed E-state index contributed by atoms with van der Waals surface area (Å²) in [4.78, 5) is 0. The van der Waals surface area contributed by atoms with E-state index in [0.717, 1.165) is 24.1 Å². The molecule has 0 aromatic heterocycles. The topological polar surface area (TPSA) is 75.8 Å². The van der Waals surface area contributed by atoms with Crippen molar-refractivity contribution in [3.8, 4) is 6.07 Å². The molecule has 0 aliphatic carbocycles. The molecule has 2 aromatic carbocycles. The average molecular weight is 335 g/mol. The first-order chi connectivity index (χ1) is 11.4. The van der Waals surface area contributed by atoms with Crippen molar-refractivity contribution >= 4 is 0 Å². The van der Waals surface area contributed by atoms with Gasteiger partial charge in [-0.05, 0) is 61.3 Å². The van der Waals surface area contributed by atoms with Crippen LogP contribution in [-0.4, -0.2) is 13.1 Å². The van der Waals surface area contributed by atoms with E-state index in [0.29, 0.717) is 25.1 Å². The van der Waals surface area contributed by atoms with Crippen molar-refractivity contribution in [1.29, 1.82) is 5.26 Å². The highest BCUT2D eigenvalue weighted by molar-refractivity contribution is 5.31. The fraction of sp³-hybridized carbons (Fsp3) is 0.278. The molecule has 3 nitrogen and oxygen atoms in total. The number of alkyl halides is 3. The Balaban J connectivity index is 0.000000243. The number of rotatable bonds is 4. The third kappa shape index (κ3) is 6.82. The highest BCUT2D eigenvalue weighted by atomic mass is 19.4. The van der Waals surface area contributed by atoms with E-state index in [9.17, 15) is 13.2 Å². The van der Waals surface area contributed by atoms with Crippen LogP contribution in [0, 0.1) is 11.3 Å². The summed E-state index contributed by atoms with van der Waals surface area (Å²) in [7, 11) is 0. The molecule has 0 spiro atoms. The predicted octanol–water partition coefficient (Wildman–Crippen LogP) is 3.27. The summed E-state index contributed by atoms with van der Waals surface area (Å²) in [6.45, 7) is 1.11. The van der Waals surface area contributed by atoms with Gasteiger partial charge in [0.25, 0.3) is 0 Å². The Morgan fingerprint density at radius 3 is 1.54 bits per heavy atom. The Morgan fingerprint density at radius 2 is 1.21 bits per heavy atom. The van der Waals surface area contributed by atoms with Crippen LogP contribution in [0.1, 0.15) is 22.3 Å². The summed E-state index contributed by atoms with van der Waals surface area (Å²) in [5, 5.41) is 8.48. The molecule has 0 aliphatic rings. The summed E-state index contributed by atoms with van der Waals surface area (Å²) in [6.07, 6.45) is -2.76. The second-order valence-corrected chi connectivity index (χ2v) is 5.08. The number of nitrogens with zero attached hydrogens (tertiary/aromatic N) is 1. The maximum Gasteiger partial charge on any atom is 0.416 e. The van der Waals surface area contributed by atoms with Crippen LogP contribution in [0.4, 0.5) is 13.2 Å². The standard InChI is InChI=1S/C9H10F3N.C9H10N2/c10-9(11,12)8-3-1-7(2-4-8)5-6-13;10-6-5-8-1-3-9(7-11)4-2-8/h1-4H,5-6,13H2;1-4H,5-6,10H2. The molecule has 2 rings (SSSR count). The van der Waals surface area contributed by atoms with Crippen molar-refractivity contribution in [3.05, 3.63) is 70.8 Å². The Hall–Kier alpha value is -2.36. The summed E-state index contributed by atoms with van der Waals surface area (Å²) in [5.41, 5.74) is 12.7. The quantitative estimate of drug-likeness (QED) is 0.900. The van der Waals surface area contributed by atoms with Gasteiger partial charge in [-0.1, -0.05) is 24.3 Å². The van der Waals surface area contributed by atoms with E-state index in [1.807, 2.05) is 24.3 Å². The number of halogens is 3. The fourth-order valence-electron chi connectivity index (χ4n) is 1.94. The molecule has 0 heterocycles. The highest BCUT2D eigenvalue weighted by Crippen LogP contribution is 2.29. The molecule has 0 atom stereocenters. The van der Waals surface area contributed by atoms with Crippen molar-refractivity contribution < 1.29 is 13.2 Å². The minimum absolute atomic E-state index is 0.450.